The van der Waals surface area contributed by atoms with Crippen molar-refractivity contribution >= 4 is 28.3 Å². The van der Waals surface area contributed by atoms with E-state index in [2.05, 4.69) is 4.98 Å². The Morgan fingerprint density at radius 3 is 2.78 bits per heavy atom. The second-order valence-electron chi connectivity index (χ2n) is 5.18. The summed E-state index contributed by atoms with van der Waals surface area (Å²) in [5, 5.41) is 2.99. The van der Waals surface area contributed by atoms with Crippen LogP contribution >= 0.6 is 11.3 Å². The Morgan fingerprint density at radius 2 is 2.17 bits per heavy atom. The zero-order chi connectivity index (χ0) is 16.6. The number of carbonyl (C=O) groups is 1. The van der Waals surface area contributed by atoms with Gasteiger partial charge in [-0.15, -0.1) is 11.3 Å². The van der Waals surface area contributed by atoms with Gasteiger partial charge in [-0.1, -0.05) is 6.92 Å². The Balaban J connectivity index is 2.21. The number of carbonyl (C=O) groups excluding carboxylic acids is 1. The molecular weight excluding hydrogens is 314 g/mol. The van der Waals surface area contributed by atoms with Crippen molar-refractivity contribution in [2.45, 2.75) is 27.2 Å². The van der Waals surface area contributed by atoms with Gasteiger partial charge in [0.25, 0.3) is 0 Å². The molecule has 0 atom stereocenters. The summed E-state index contributed by atoms with van der Waals surface area (Å²) in [5.41, 5.74) is 2.35. The van der Waals surface area contributed by atoms with Crippen molar-refractivity contribution in [3.63, 3.8) is 0 Å². The number of ether oxygens (including phenoxy) is 1. The van der Waals surface area contributed by atoms with E-state index in [0.29, 0.717) is 33.7 Å². The highest BCUT2D eigenvalue weighted by molar-refractivity contribution is 7.13. The summed E-state index contributed by atoms with van der Waals surface area (Å²) in [6.07, 6.45) is 2.05. The fraction of sp³-hybridized carbons (Fsp3) is 0.235. The smallest absolute Gasteiger partial charge is 0.308 e. The van der Waals surface area contributed by atoms with Gasteiger partial charge in [0.15, 0.2) is 0 Å². The summed E-state index contributed by atoms with van der Waals surface area (Å²) >= 11 is 1.41. The molecule has 0 saturated carbocycles. The molecular formula is C17H15NO4S. The Kier molecular flexibility index (Phi) is 4.00. The third kappa shape index (κ3) is 2.90. The van der Waals surface area contributed by atoms with Gasteiger partial charge in [0, 0.05) is 24.1 Å². The lowest BCUT2D eigenvalue weighted by molar-refractivity contribution is -0.131. The summed E-state index contributed by atoms with van der Waals surface area (Å²) in [6, 6.07) is 3.32. The number of aryl methyl sites for hydroxylation is 2. The molecule has 0 aliphatic heterocycles. The van der Waals surface area contributed by atoms with Crippen molar-refractivity contribution in [3.8, 4) is 16.3 Å². The van der Waals surface area contributed by atoms with Crippen LogP contribution in [0.15, 0.2) is 33.0 Å². The monoisotopic (exact) mass is 329 g/mol. The van der Waals surface area contributed by atoms with Crippen LogP contribution in [-0.2, 0) is 11.2 Å². The first-order valence-corrected chi connectivity index (χ1v) is 8.07. The molecule has 0 aliphatic carbocycles. The van der Waals surface area contributed by atoms with E-state index >= 15 is 0 Å². The van der Waals surface area contributed by atoms with E-state index in [1.54, 1.807) is 12.1 Å². The fourth-order valence-corrected chi connectivity index (χ4v) is 3.15. The van der Waals surface area contributed by atoms with Crippen molar-refractivity contribution < 1.29 is 13.9 Å². The highest BCUT2D eigenvalue weighted by Crippen LogP contribution is 2.28. The number of aromatic nitrogens is 1. The Bertz CT molecular complexity index is 955. The van der Waals surface area contributed by atoms with Crippen molar-refractivity contribution in [2.24, 2.45) is 0 Å². The van der Waals surface area contributed by atoms with E-state index in [4.69, 9.17) is 9.15 Å². The lowest BCUT2D eigenvalue weighted by Crippen LogP contribution is -2.08. The zero-order valence-corrected chi connectivity index (χ0v) is 13.8. The lowest BCUT2D eigenvalue weighted by Gasteiger charge is -2.09. The molecule has 1 aromatic carbocycles. The van der Waals surface area contributed by atoms with E-state index in [0.717, 1.165) is 11.3 Å². The van der Waals surface area contributed by atoms with Gasteiger partial charge in [0.05, 0.1) is 10.9 Å². The van der Waals surface area contributed by atoms with Crippen molar-refractivity contribution in [3.05, 3.63) is 45.3 Å². The maximum atomic E-state index is 12.7. The molecule has 3 aromatic rings. The van der Waals surface area contributed by atoms with Crippen LogP contribution in [0.5, 0.6) is 5.75 Å². The summed E-state index contributed by atoms with van der Waals surface area (Å²) in [7, 11) is 0. The third-order valence-electron chi connectivity index (χ3n) is 3.44. The van der Waals surface area contributed by atoms with Gasteiger partial charge in [-0.25, -0.2) is 4.98 Å². The Hall–Kier alpha value is -2.47. The second-order valence-corrected chi connectivity index (χ2v) is 6.03. The molecule has 118 valence electrons. The number of thiazole rings is 1. The average Bonchev–Trinajstić information content (AvgIpc) is 2.93. The number of hydrogen-bond acceptors (Lipinski definition) is 6. The molecule has 0 N–H and O–H groups in total. The van der Waals surface area contributed by atoms with Gasteiger partial charge in [-0.3, -0.25) is 9.59 Å². The van der Waals surface area contributed by atoms with Gasteiger partial charge in [-0.05, 0) is 25.0 Å². The van der Waals surface area contributed by atoms with Gasteiger partial charge in [0.1, 0.15) is 22.6 Å². The first kappa shape index (κ1) is 15.4. The first-order valence-electron chi connectivity index (χ1n) is 7.19. The molecule has 3 rings (SSSR count). The fourth-order valence-electron chi connectivity index (χ4n) is 2.35. The normalized spacial score (nSPS) is 10.9. The van der Waals surface area contributed by atoms with Crippen LogP contribution in [0.3, 0.4) is 0 Å². The number of rotatable bonds is 3. The maximum absolute atomic E-state index is 12.7. The molecule has 5 nitrogen and oxygen atoms in total. The summed E-state index contributed by atoms with van der Waals surface area (Å²) < 4.78 is 10.8. The topological polar surface area (TPSA) is 69.4 Å². The zero-order valence-electron chi connectivity index (χ0n) is 13.0. The molecule has 0 fully saturated rings. The summed E-state index contributed by atoms with van der Waals surface area (Å²) in [5.74, 6) is 0.0183. The average molecular weight is 329 g/mol. The molecule has 0 unspecified atom stereocenters. The van der Waals surface area contributed by atoms with Crippen LogP contribution in [0, 0.1) is 6.92 Å². The molecule has 2 aromatic heterocycles. The van der Waals surface area contributed by atoms with Crippen LogP contribution in [0.25, 0.3) is 21.5 Å². The van der Waals surface area contributed by atoms with E-state index in [1.165, 1.54) is 24.5 Å². The number of fused-ring (bicyclic) bond motifs is 1. The molecule has 0 bridgehead atoms. The van der Waals surface area contributed by atoms with E-state index < -0.39 is 5.97 Å². The minimum Gasteiger partial charge on any atom is -0.463 e. The van der Waals surface area contributed by atoms with Crippen molar-refractivity contribution in [1.29, 1.82) is 0 Å². The number of benzene rings is 1. The second kappa shape index (κ2) is 5.96. The molecule has 0 spiro atoms. The van der Waals surface area contributed by atoms with E-state index in [-0.39, 0.29) is 5.43 Å². The van der Waals surface area contributed by atoms with Gasteiger partial charge in [-0.2, -0.15) is 0 Å². The molecule has 6 heteroatoms. The van der Waals surface area contributed by atoms with Gasteiger partial charge >= 0.3 is 5.97 Å². The Morgan fingerprint density at radius 1 is 1.39 bits per heavy atom. The van der Waals surface area contributed by atoms with Crippen LogP contribution in [0.2, 0.25) is 0 Å². The van der Waals surface area contributed by atoms with Crippen LogP contribution in [-0.4, -0.2) is 11.0 Å². The maximum Gasteiger partial charge on any atom is 0.308 e. The van der Waals surface area contributed by atoms with Crippen LogP contribution < -0.4 is 10.2 Å². The largest absolute Gasteiger partial charge is 0.463 e. The molecule has 2 heterocycles. The van der Waals surface area contributed by atoms with Crippen LogP contribution in [0.4, 0.5) is 0 Å². The minimum absolute atomic E-state index is 0.135. The quantitative estimate of drug-likeness (QED) is 0.541. The molecule has 0 amide bonds. The standard InChI is InChI=1S/C17H15NO4S/c1-4-11-5-12-15(6-14(11)22-10(3)19)21-7-13(16(12)20)17-18-9(2)8-23-17/h5-8H,4H2,1-3H3. The van der Waals surface area contributed by atoms with Crippen molar-refractivity contribution in [1.82, 2.24) is 4.98 Å². The van der Waals surface area contributed by atoms with Crippen molar-refractivity contribution in [2.75, 3.05) is 0 Å². The SMILES string of the molecule is CCc1cc2c(=O)c(-c3nc(C)cs3)coc2cc1OC(C)=O. The number of nitrogens with zero attached hydrogens (tertiary/aromatic N) is 1. The molecule has 0 saturated heterocycles. The minimum atomic E-state index is -0.406. The van der Waals surface area contributed by atoms with Gasteiger partial charge < -0.3 is 9.15 Å². The lowest BCUT2D eigenvalue weighted by atomic mass is 10.1. The summed E-state index contributed by atoms with van der Waals surface area (Å²) in [6.45, 7) is 5.15. The molecule has 0 radical (unpaired) electrons. The highest BCUT2D eigenvalue weighted by Gasteiger charge is 2.15. The van der Waals surface area contributed by atoms with E-state index in [1.807, 2.05) is 19.2 Å². The van der Waals surface area contributed by atoms with Crippen LogP contribution in [0.1, 0.15) is 25.1 Å². The molecule has 23 heavy (non-hydrogen) atoms. The highest BCUT2D eigenvalue weighted by atomic mass is 32.1. The Labute approximate surface area is 136 Å². The number of esters is 1. The molecule has 0 aliphatic rings. The van der Waals surface area contributed by atoms with E-state index in [9.17, 15) is 9.59 Å². The van der Waals surface area contributed by atoms with Gasteiger partial charge in [0.2, 0.25) is 5.43 Å². The predicted octanol–water partition coefficient (Wildman–Crippen LogP) is 3.71. The number of hydrogen-bond donors (Lipinski definition) is 0. The predicted molar refractivity (Wildman–Crippen MR) is 89.0 cm³/mol. The first-order chi connectivity index (χ1) is 11.0. The summed E-state index contributed by atoms with van der Waals surface area (Å²) in [4.78, 5) is 28.3. The third-order valence-corrected chi connectivity index (χ3v) is 4.43.